The Morgan fingerprint density at radius 2 is 1.81 bits per heavy atom. The molecule has 0 bridgehead atoms. The van der Waals surface area contributed by atoms with Gasteiger partial charge >= 0.3 is 0 Å². The van der Waals surface area contributed by atoms with Gasteiger partial charge in [0.25, 0.3) is 0 Å². The van der Waals surface area contributed by atoms with E-state index in [9.17, 15) is 0 Å². The Balaban J connectivity index is 2.41. The summed E-state index contributed by atoms with van der Waals surface area (Å²) in [5, 5.41) is 3.50. The molecule has 0 amide bonds. The molecule has 2 nitrogen and oxygen atoms in total. The molecule has 0 saturated heterocycles. The van der Waals surface area contributed by atoms with Crippen molar-refractivity contribution in [1.82, 2.24) is 5.32 Å². The lowest BCUT2D eigenvalue weighted by Crippen LogP contribution is -2.49. The van der Waals surface area contributed by atoms with E-state index >= 15 is 0 Å². The molecule has 1 aromatic rings. The van der Waals surface area contributed by atoms with Gasteiger partial charge in [0.05, 0.1) is 5.54 Å². The lowest BCUT2D eigenvalue weighted by molar-refractivity contribution is 0.507. The van der Waals surface area contributed by atoms with Crippen LogP contribution in [0.4, 0.5) is 5.69 Å². The van der Waals surface area contributed by atoms with Crippen molar-refractivity contribution in [3.8, 4) is 0 Å². The number of allylic oxidation sites excluding steroid dienone is 1. The number of hydrogen-bond donors (Lipinski definition) is 1. The third-order valence-corrected chi connectivity index (χ3v) is 4.17. The molecule has 0 aliphatic carbocycles. The maximum atomic E-state index is 3.50. The predicted octanol–water partition coefficient (Wildman–Crippen LogP) is 4.59. The van der Waals surface area contributed by atoms with Gasteiger partial charge in [0, 0.05) is 29.9 Å². The highest BCUT2D eigenvalue weighted by Crippen LogP contribution is 2.40. The number of benzene rings is 1. The zero-order chi connectivity index (χ0) is 15.8. The molecule has 2 heteroatoms. The lowest BCUT2D eigenvalue weighted by atomic mass is 9.87. The van der Waals surface area contributed by atoms with Crippen LogP contribution in [-0.4, -0.2) is 17.6 Å². The molecule has 0 fully saturated rings. The normalized spacial score (nSPS) is 17.2. The van der Waals surface area contributed by atoms with E-state index in [0.29, 0.717) is 12.1 Å². The molecule has 21 heavy (non-hydrogen) atoms. The van der Waals surface area contributed by atoms with Crippen molar-refractivity contribution in [2.45, 2.75) is 72.6 Å². The summed E-state index contributed by atoms with van der Waals surface area (Å²) in [6.07, 6.45) is 2.40. The molecular weight excluding hydrogens is 256 g/mol. The van der Waals surface area contributed by atoms with Crippen LogP contribution in [0.5, 0.6) is 0 Å². The lowest BCUT2D eigenvalue weighted by Gasteiger charge is -2.46. The molecule has 2 rings (SSSR count). The maximum absolute atomic E-state index is 3.50. The third-order valence-electron chi connectivity index (χ3n) is 4.17. The summed E-state index contributed by atoms with van der Waals surface area (Å²) in [7, 11) is 0. The third kappa shape index (κ3) is 3.32. The molecule has 0 saturated carbocycles. The van der Waals surface area contributed by atoms with Gasteiger partial charge in [0.15, 0.2) is 0 Å². The van der Waals surface area contributed by atoms with Gasteiger partial charge in [-0.1, -0.05) is 26.0 Å². The van der Waals surface area contributed by atoms with Gasteiger partial charge in [-0.05, 0) is 57.9 Å². The number of fused-ring (bicyclic) bond motifs is 1. The van der Waals surface area contributed by atoms with E-state index < -0.39 is 0 Å². The molecule has 1 heterocycles. The van der Waals surface area contributed by atoms with E-state index in [4.69, 9.17) is 0 Å². The smallest absolute Gasteiger partial charge is 0.0537 e. The Labute approximate surface area is 130 Å². The van der Waals surface area contributed by atoms with Gasteiger partial charge in [0.2, 0.25) is 0 Å². The molecule has 1 aliphatic heterocycles. The Morgan fingerprint density at radius 1 is 1.14 bits per heavy atom. The van der Waals surface area contributed by atoms with E-state index in [1.165, 1.54) is 22.4 Å². The van der Waals surface area contributed by atoms with Crippen LogP contribution in [-0.2, 0) is 6.54 Å². The Bertz CT molecular complexity index is 538. The summed E-state index contributed by atoms with van der Waals surface area (Å²) >= 11 is 0. The zero-order valence-electron chi connectivity index (χ0n) is 14.6. The average molecular weight is 286 g/mol. The minimum Gasteiger partial charge on any atom is -0.360 e. The average Bonchev–Trinajstić information content (AvgIpc) is 2.35. The second kappa shape index (κ2) is 5.84. The molecule has 0 radical (unpaired) electrons. The van der Waals surface area contributed by atoms with Crippen LogP contribution >= 0.6 is 0 Å². The standard InChI is InChI=1S/C19H30N2/c1-13(2)20-12-16-8-9-18-17(10-16)15(5)11-19(6,7)21(18)14(3)4/h8-11,13-14,20H,12H2,1-7H3. The molecule has 1 aromatic carbocycles. The summed E-state index contributed by atoms with van der Waals surface area (Å²) in [6.45, 7) is 16.7. The topological polar surface area (TPSA) is 15.3 Å². The van der Waals surface area contributed by atoms with Crippen molar-refractivity contribution >= 4 is 11.3 Å². The molecule has 0 atom stereocenters. The number of anilines is 1. The fourth-order valence-corrected chi connectivity index (χ4v) is 3.47. The zero-order valence-corrected chi connectivity index (χ0v) is 14.6. The van der Waals surface area contributed by atoms with E-state index in [-0.39, 0.29) is 5.54 Å². The van der Waals surface area contributed by atoms with E-state index in [1.807, 2.05) is 0 Å². The summed E-state index contributed by atoms with van der Waals surface area (Å²) in [4.78, 5) is 2.52. The first kappa shape index (κ1) is 16.1. The van der Waals surface area contributed by atoms with E-state index in [2.05, 4.69) is 83.0 Å². The highest BCUT2D eigenvalue weighted by Gasteiger charge is 2.32. The highest BCUT2D eigenvalue weighted by atomic mass is 15.2. The largest absolute Gasteiger partial charge is 0.360 e. The molecule has 0 unspecified atom stereocenters. The van der Waals surface area contributed by atoms with Crippen LogP contribution in [0.1, 0.15) is 59.6 Å². The highest BCUT2D eigenvalue weighted by molar-refractivity contribution is 5.81. The molecule has 0 aromatic heterocycles. The minimum absolute atomic E-state index is 0.0724. The first-order chi connectivity index (χ1) is 9.72. The van der Waals surface area contributed by atoms with E-state index in [1.54, 1.807) is 0 Å². The first-order valence-electron chi connectivity index (χ1n) is 8.08. The Hall–Kier alpha value is -1.28. The summed E-state index contributed by atoms with van der Waals surface area (Å²) < 4.78 is 0. The second-order valence-corrected chi connectivity index (χ2v) is 7.33. The first-order valence-corrected chi connectivity index (χ1v) is 8.08. The summed E-state index contributed by atoms with van der Waals surface area (Å²) in [6, 6.07) is 7.91. The van der Waals surface area contributed by atoms with Crippen molar-refractivity contribution in [1.29, 1.82) is 0 Å². The number of nitrogens with one attached hydrogen (secondary N) is 1. The van der Waals surface area contributed by atoms with Crippen molar-refractivity contribution < 1.29 is 0 Å². The van der Waals surface area contributed by atoms with Gasteiger partial charge in [-0.2, -0.15) is 0 Å². The Morgan fingerprint density at radius 3 is 2.38 bits per heavy atom. The monoisotopic (exact) mass is 286 g/mol. The maximum Gasteiger partial charge on any atom is 0.0537 e. The van der Waals surface area contributed by atoms with Crippen molar-refractivity contribution in [2.24, 2.45) is 0 Å². The number of nitrogens with zero attached hydrogens (tertiary/aromatic N) is 1. The quantitative estimate of drug-likeness (QED) is 0.870. The van der Waals surface area contributed by atoms with Gasteiger partial charge in [0.1, 0.15) is 0 Å². The molecule has 116 valence electrons. The van der Waals surface area contributed by atoms with Crippen LogP contribution < -0.4 is 10.2 Å². The van der Waals surface area contributed by atoms with Crippen LogP contribution in [0, 0.1) is 0 Å². The summed E-state index contributed by atoms with van der Waals surface area (Å²) in [5.74, 6) is 0. The van der Waals surface area contributed by atoms with E-state index in [0.717, 1.165) is 6.54 Å². The SMILES string of the molecule is CC1=CC(C)(C)N(C(C)C)c2ccc(CNC(C)C)cc21. The second-order valence-electron chi connectivity index (χ2n) is 7.33. The number of rotatable bonds is 4. The summed E-state index contributed by atoms with van der Waals surface area (Å²) in [5.41, 5.74) is 5.56. The van der Waals surface area contributed by atoms with Gasteiger partial charge in [-0.25, -0.2) is 0 Å². The van der Waals surface area contributed by atoms with Crippen LogP contribution in [0.25, 0.3) is 5.57 Å². The number of hydrogen-bond acceptors (Lipinski definition) is 2. The predicted molar refractivity (Wildman–Crippen MR) is 93.8 cm³/mol. The van der Waals surface area contributed by atoms with Crippen LogP contribution in [0.2, 0.25) is 0 Å². The van der Waals surface area contributed by atoms with Crippen molar-refractivity contribution in [2.75, 3.05) is 4.90 Å². The van der Waals surface area contributed by atoms with Crippen molar-refractivity contribution in [3.63, 3.8) is 0 Å². The van der Waals surface area contributed by atoms with Gasteiger partial charge in [-0.15, -0.1) is 0 Å². The minimum atomic E-state index is 0.0724. The van der Waals surface area contributed by atoms with Crippen LogP contribution in [0.15, 0.2) is 24.3 Å². The van der Waals surface area contributed by atoms with Gasteiger partial charge < -0.3 is 10.2 Å². The fraction of sp³-hybridized carbons (Fsp3) is 0.579. The molecule has 0 spiro atoms. The van der Waals surface area contributed by atoms with Crippen molar-refractivity contribution in [3.05, 3.63) is 35.4 Å². The van der Waals surface area contributed by atoms with Gasteiger partial charge in [-0.3, -0.25) is 0 Å². The van der Waals surface area contributed by atoms with Crippen LogP contribution in [0.3, 0.4) is 0 Å². The fourth-order valence-electron chi connectivity index (χ4n) is 3.47. The molecular formula is C19H30N2. The molecule has 1 aliphatic rings. The Kier molecular flexibility index (Phi) is 4.48. The molecule has 1 N–H and O–H groups in total.